The maximum Gasteiger partial charge on any atom is 0.356 e. The monoisotopic (exact) mass is 215 g/mol. The first kappa shape index (κ1) is 12.0. The van der Waals surface area contributed by atoms with Crippen LogP contribution in [0, 0.1) is 5.41 Å². The Hall–Kier alpha value is -1.10. The van der Waals surface area contributed by atoms with E-state index in [2.05, 4.69) is 5.16 Å². The SMILES string of the molecule is CON=C(C(=O)OC)C1(C)CCOCC1. The van der Waals surface area contributed by atoms with E-state index >= 15 is 0 Å². The zero-order valence-electron chi connectivity index (χ0n) is 9.41. The van der Waals surface area contributed by atoms with E-state index in [1.807, 2.05) is 6.92 Å². The van der Waals surface area contributed by atoms with Gasteiger partial charge < -0.3 is 14.3 Å². The highest BCUT2D eigenvalue weighted by Crippen LogP contribution is 2.32. The van der Waals surface area contributed by atoms with Crippen LogP contribution in [0.5, 0.6) is 0 Å². The topological polar surface area (TPSA) is 57.1 Å². The summed E-state index contributed by atoms with van der Waals surface area (Å²) in [5, 5.41) is 3.78. The molecule has 1 aliphatic heterocycles. The largest absolute Gasteiger partial charge is 0.464 e. The molecule has 5 nitrogen and oxygen atoms in total. The predicted octanol–water partition coefficient (Wildman–Crippen LogP) is 0.979. The number of carbonyl (C=O) groups excluding carboxylic acids is 1. The molecule has 0 unspecified atom stereocenters. The number of oxime groups is 1. The highest BCUT2D eigenvalue weighted by atomic mass is 16.6. The molecule has 0 aliphatic carbocycles. The number of rotatable bonds is 3. The summed E-state index contributed by atoms with van der Waals surface area (Å²) in [5.41, 5.74) is 0.0391. The fraction of sp³-hybridized carbons (Fsp3) is 0.800. The number of carbonyl (C=O) groups is 1. The summed E-state index contributed by atoms with van der Waals surface area (Å²) in [5.74, 6) is -0.429. The summed E-state index contributed by atoms with van der Waals surface area (Å²) in [6.45, 7) is 3.25. The first-order valence-electron chi connectivity index (χ1n) is 4.92. The molecule has 1 rings (SSSR count). The van der Waals surface area contributed by atoms with Gasteiger partial charge in [0.05, 0.1) is 7.11 Å². The third kappa shape index (κ3) is 2.68. The van der Waals surface area contributed by atoms with Crippen LogP contribution in [0.1, 0.15) is 19.8 Å². The van der Waals surface area contributed by atoms with Gasteiger partial charge in [0.1, 0.15) is 7.11 Å². The molecule has 0 aromatic carbocycles. The Bertz CT molecular complexity index is 256. The summed E-state index contributed by atoms with van der Waals surface area (Å²) in [7, 11) is 2.77. The molecule has 0 bridgehead atoms. The lowest BCUT2D eigenvalue weighted by molar-refractivity contribution is -0.133. The molecule has 0 aromatic heterocycles. The fourth-order valence-corrected chi connectivity index (χ4v) is 1.64. The smallest absolute Gasteiger partial charge is 0.356 e. The molecule has 0 amide bonds. The second kappa shape index (κ2) is 5.11. The highest BCUT2D eigenvalue weighted by molar-refractivity contribution is 6.38. The van der Waals surface area contributed by atoms with Crippen LogP contribution in [0.15, 0.2) is 5.16 Å². The first-order chi connectivity index (χ1) is 7.14. The highest BCUT2D eigenvalue weighted by Gasteiger charge is 2.38. The van der Waals surface area contributed by atoms with Crippen molar-refractivity contribution in [3.8, 4) is 0 Å². The van der Waals surface area contributed by atoms with E-state index in [9.17, 15) is 4.79 Å². The number of hydrogen-bond donors (Lipinski definition) is 0. The van der Waals surface area contributed by atoms with Gasteiger partial charge in [0.25, 0.3) is 0 Å². The van der Waals surface area contributed by atoms with Crippen LogP contribution >= 0.6 is 0 Å². The molecular formula is C10H17NO4. The maximum atomic E-state index is 11.5. The van der Waals surface area contributed by atoms with E-state index in [0.717, 1.165) is 12.8 Å². The number of nitrogens with zero attached hydrogens (tertiary/aromatic N) is 1. The van der Waals surface area contributed by atoms with Gasteiger partial charge in [0.15, 0.2) is 5.71 Å². The molecule has 0 saturated carbocycles. The van der Waals surface area contributed by atoms with Crippen molar-refractivity contribution >= 4 is 11.7 Å². The van der Waals surface area contributed by atoms with Gasteiger partial charge in [-0.15, -0.1) is 0 Å². The van der Waals surface area contributed by atoms with Crippen LogP contribution in [0.2, 0.25) is 0 Å². The van der Waals surface area contributed by atoms with Crippen LogP contribution in [-0.2, 0) is 19.1 Å². The molecular weight excluding hydrogens is 198 g/mol. The number of hydrogen-bond acceptors (Lipinski definition) is 5. The Morgan fingerprint density at radius 3 is 2.40 bits per heavy atom. The minimum Gasteiger partial charge on any atom is -0.464 e. The second-order valence-corrected chi connectivity index (χ2v) is 3.79. The molecule has 0 spiro atoms. The predicted molar refractivity (Wildman–Crippen MR) is 54.6 cm³/mol. The molecule has 0 N–H and O–H groups in total. The van der Waals surface area contributed by atoms with Crippen LogP contribution < -0.4 is 0 Å². The molecule has 1 heterocycles. The molecule has 0 radical (unpaired) electrons. The summed E-state index contributed by atoms with van der Waals surface area (Å²) in [6, 6.07) is 0. The molecule has 0 aromatic rings. The Balaban J connectivity index is 2.87. The van der Waals surface area contributed by atoms with Gasteiger partial charge in [0, 0.05) is 18.6 Å². The van der Waals surface area contributed by atoms with Crippen molar-refractivity contribution < 1.29 is 19.1 Å². The van der Waals surface area contributed by atoms with E-state index < -0.39 is 5.97 Å². The van der Waals surface area contributed by atoms with E-state index in [1.165, 1.54) is 14.2 Å². The van der Waals surface area contributed by atoms with E-state index in [-0.39, 0.29) is 5.41 Å². The maximum absolute atomic E-state index is 11.5. The molecule has 1 aliphatic rings. The van der Waals surface area contributed by atoms with Gasteiger partial charge in [-0.3, -0.25) is 0 Å². The van der Waals surface area contributed by atoms with Gasteiger partial charge in [0.2, 0.25) is 0 Å². The third-order valence-electron chi connectivity index (χ3n) is 2.73. The standard InChI is InChI=1S/C10H17NO4/c1-10(4-6-15-7-5-10)8(11-14-3)9(12)13-2/h4-7H2,1-3H3. The van der Waals surface area contributed by atoms with Gasteiger partial charge >= 0.3 is 5.97 Å². The number of methoxy groups -OCH3 is 1. The van der Waals surface area contributed by atoms with E-state index in [0.29, 0.717) is 18.9 Å². The number of ether oxygens (including phenoxy) is 2. The molecule has 1 saturated heterocycles. The van der Waals surface area contributed by atoms with Crippen LogP contribution in [0.3, 0.4) is 0 Å². The lowest BCUT2D eigenvalue weighted by Crippen LogP contribution is -2.39. The van der Waals surface area contributed by atoms with Crippen molar-refractivity contribution in [2.24, 2.45) is 10.6 Å². The van der Waals surface area contributed by atoms with Crippen molar-refractivity contribution in [1.82, 2.24) is 0 Å². The van der Waals surface area contributed by atoms with Crippen molar-refractivity contribution in [3.05, 3.63) is 0 Å². The second-order valence-electron chi connectivity index (χ2n) is 3.79. The lowest BCUT2D eigenvalue weighted by Gasteiger charge is -2.32. The Morgan fingerprint density at radius 1 is 1.33 bits per heavy atom. The van der Waals surface area contributed by atoms with Gasteiger partial charge in [-0.2, -0.15) is 0 Å². The minimum atomic E-state index is -0.429. The van der Waals surface area contributed by atoms with Crippen molar-refractivity contribution in [2.75, 3.05) is 27.4 Å². The Labute approximate surface area is 89.4 Å². The summed E-state index contributed by atoms with van der Waals surface area (Å²) >= 11 is 0. The Kier molecular flexibility index (Phi) is 4.08. The summed E-state index contributed by atoms with van der Waals surface area (Å²) < 4.78 is 9.95. The average Bonchev–Trinajstić information content (AvgIpc) is 2.25. The zero-order valence-corrected chi connectivity index (χ0v) is 9.41. The number of esters is 1. The summed E-state index contributed by atoms with van der Waals surface area (Å²) in [4.78, 5) is 16.2. The molecule has 1 fully saturated rings. The van der Waals surface area contributed by atoms with Crippen LogP contribution in [-0.4, -0.2) is 39.1 Å². The summed E-state index contributed by atoms with van der Waals surface area (Å²) in [6.07, 6.45) is 1.51. The molecule has 0 atom stereocenters. The van der Waals surface area contributed by atoms with E-state index in [4.69, 9.17) is 14.3 Å². The molecule has 5 heteroatoms. The lowest BCUT2D eigenvalue weighted by atomic mass is 9.78. The van der Waals surface area contributed by atoms with Crippen molar-refractivity contribution in [1.29, 1.82) is 0 Å². The normalized spacial score (nSPS) is 20.9. The molecule has 15 heavy (non-hydrogen) atoms. The van der Waals surface area contributed by atoms with Gasteiger partial charge in [-0.25, -0.2) is 4.79 Å². The van der Waals surface area contributed by atoms with E-state index in [1.54, 1.807) is 0 Å². The molecule has 86 valence electrons. The van der Waals surface area contributed by atoms with Crippen molar-refractivity contribution in [2.45, 2.75) is 19.8 Å². The van der Waals surface area contributed by atoms with Crippen LogP contribution in [0.25, 0.3) is 0 Å². The third-order valence-corrected chi connectivity index (χ3v) is 2.73. The minimum absolute atomic E-state index is 0.304. The van der Waals surface area contributed by atoms with Gasteiger partial charge in [-0.05, 0) is 12.8 Å². The quantitative estimate of drug-likeness (QED) is 0.400. The van der Waals surface area contributed by atoms with Gasteiger partial charge in [-0.1, -0.05) is 12.1 Å². The fourth-order valence-electron chi connectivity index (χ4n) is 1.64. The zero-order chi connectivity index (χ0) is 11.3. The van der Waals surface area contributed by atoms with Crippen molar-refractivity contribution in [3.63, 3.8) is 0 Å². The first-order valence-corrected chi connectivity index (χ1v) is 4.92. The average molecular weight is 215 g/mol. The Morgan fingerprint density at radius 2 is 1.93 bits per heavy atom. The van der Waals surface area contributed by atoms with Crippen LogP contribution in [0.4, 0.5) is 0 Å².